The molecule has 0 bridgehead atoms. The standard InChI is InChI=1S/C12H22N3PSi2/c1-17(2,3)12(18(4,5)6)16-11(8-14)10(7-13)9-15-16/h9-12H,1-6H3. The maximum atomic E-state index is 9.38. The zero-order chi connectivity index (χ0) is 14.1. The zero-order valence-corrected chi connectivity index (χ0v) is 15.0. The zero-order valence-electron chi connectivity index (χ0n) is 12.1. The number of nitrogens with zero attached hydrogens (tertiary/aromatic N) is 3. The van der Waals surface area contributed by atoms with Crippen LogP contribution in [0.2, 0.25) is 39.3 Å². The molecule has 0 saturated carbocycles. The second-order valence-corrected chi connectivity index (χ2v) is 21.2. The molecular weight excluding hydrogens is 273 g/mol. The molecule has 0 N–H and O–H groups in total. The SMILES string of the molecule is C[Si](C)(C)C(P1N=CC(C#N)C1C#N)[Si](C)(C)C. The van der Waals surface area contributed by atoms with Gasteiger partial charge in [0.15, 0.2) is 0 Å². The molecule has 3 unspecified atom stereocenters. The monoisotopic (exact) mass is 295 g/mol. The Morgan fingerprint density at radius 1 is 1.06 bits per heavy atom. The normalized spacial score (nSPS) is 28.2. The Bertz CT molecular complexity index is 409. The van der Waals surface area contributed by atoms with E-state index in [2.05, 4.69) is 56.2 Å². The van der Waals surface area contributed by atoms with Gasteiger partial charge in [-0.1, -0.05) is 39.3 Å². The Labute approximate surface area is 114 Å². The van der Waals surface area contributed by atoms with Crippen LogP contribution >= 0.6 is 8.07 Å². The second kappa shape index (κ2) is 5.25. The van der Waals surface area contributed by atoms with Crippen LogP contribution in [0.4, 0.5) is 0 Å². The minimum Gasteiger partial charge on any atom is -0.271 e. The fourth-order valence-corrected chi connectivity index (χ4v) is 22.6. The van der Waals surface area contributed by atoms with Gasteiger partial charge in [-0.3, -0.25) is 4.76 Å². The Kier molecular flexibility index (Phi) is 4.54. The van der Waals surface area contributed by atoms with Gasteiger partial charge >= 0.3 is 0 Å². The molecule has 0 spiro atoms. The summed E-state index contributed by atoms with van der Waals surface area (Å²) in [5, 5.41) is 18.5. The van der Waals surface area contributed by atoms with Crippen LogP contribution in [0.15, 0.2) is 4.76 Å². The molecule has 0 amide bonds. The van der Waals surface area contributed by atoms with Crippen LogP contribution in [0, 0.1) is 28.6 Å². The lowest BCUT2D eigenvalue weighted by Gasteiger charge is -2.42. The molecule has 1 aliphatic heterocycles. The van der Waals surface area contributed by atoms with E-state index in [1.165, 1.54) is 0 Å². The summed E-state index contributed by atoms with van der Waals surface area (Å²) in [6.45, 7) is 14.3. The molecule has 0 saturated heterocycles. The molecule has 6 heteroatoms. The van der Waals surface area contributed by atoms with E-state index in [0.717, 1.165) is 0 Å². The van der Waals surface area contributed by atoms with Gasteiger partial charge in [0.05, 0.1) is 28.3 Å². The summed E-state index contributed by atoms with van der Waals surface area (Å²) in [5.41, 5.74) is -0.173. The summed E-state index contributed by atoms with van der Waals surface area (Å²) in [7, 11) is -3.43. The van der Waals surface area contributed by atoms with Crippen LogP contribution in [0.5, 0.6) is 0 Å². The van der Waals surface area contributed by atoms with Crippen molar-refractivity contribution >= 4 is 30.4 Å². The molecule has 0 aromatic carbocycles. The lowest BCUT2D eigenvalue weighted by atomic mass is 10.1. The third kappa shape index (κ3) is 3.09. The van der Waals surface area contributed by atoms with Crippen molar-refractivity contribution in [1.29, 1.82) is 10.5 Å². The number of hydrogen-bond donors (Lipinski definition) is 0. The van der Waals surface area contributed by atoms with Crippen LogP contribution in [-0.2, 0) is 0 Å². The Hall–Kier alpha value is -0.486. The van der Waals surface area contributed by atoms with Gasteiger partial charge in [-0.15, -0.1) is 0 Å². The van der Waals surface area contributed by atoms with Crippen molar-refractivity contribution in [3.8, 4) is 12.1 Å². The maximum absolute atomic E-state index is 9.38. The summed E-state index contributed by atoms with van der Waals surface area (Å²) in [4.78, 5) is 0.610. The molecule has 0 radical (unpaired) electrons. The molecule has 3 atom stereocenters. The molecule has 0 aliphatic carbocycles. The highest BCUT2D eigenvalue weighted by Gasteiger charge is 2.49. The second-order valence-electron chi connectivity index (χ2n) is 7.01. The van der Waals surface area contributed by atoms with Crippen LogP contribution in [0.1, 0.15) is 0 Å². The minimum atomic E-state index is -1.37. The Balaban J connectivity index is 3.15. The third-order valence-corrected chi connectivity index (χ3v) is 19.8. The summed E-state index contributed by atoms with van der Waals surface area (Å²) in [5.74, 6) is -0.281. The smallest absolute Gasteiger partial charge is 0.107 e. The number of rotatable bonds is 3. The molecule has 0 aromatic heterocycles. The van der Waals surface area contributed by atoms with E-state index < -0.39 is 24.2 Å². The van der Waals surface area contributed by atoms with Crippen molar-refractivity contribution in [3.05, 3.63) is 0 Å². The molecule has 1 rings (SSSR count). The first-order valence-electron chi connectivity index (χ1n) is 6.24. The molecule has 0 aromatic rings. The van der Waals surface area contributed by atoms with E-state index in [-0.39, 0.29) is 11.6 Å². The van der Waals surface area contributed by atoms with E-state index in [1.807, 2.05) is 0 Å². The fraction of sp³-hybridized carbons (Fsp3) is 0.750. The molecule has 18 heavy (non-hydrogen) atoms. The summed E-state index contributed by atoms with van der Waals surface area (Å²) >= 11 is 0. The topological polar surface area (TPSA) is 59.9 Å². The van der Waals surface area contributed by atoms with Crippen molar-refractivity contribution in [2.45, 2.75) is 49.8 Å². The molecule has 1 aliphatic rings. The summed E-state index contributed by atoms with van der Waals surface area (Å²) in [6, 6.07) is 4.59. The largest absolute Gasteiger partial charge is 0.271 e. The molecular formula is C12H22N3PSi2. The van der Waals surface area contributed by atoms with E-state index >= 15 is 0 Å². The van der Waals surface area contributed by atoms with Crippen molar-refractivity contribution in [1.82, 2.24) is 0 Å². The first kappa shape index (κ1) is 15.6. The fourth-order valence-electron chi connectivity index (χ4n) is 3.03. The van der Waals surface area contributed by atoms with E-state index in [9.17, 15) is 5.26 Å². The van der Waals surface area contributed by atoms with Gasteiger partial charge in [0.25, 0.3) is 0 Å². The summed E-state index contributed by atoms with van der Waals surface area (Å²) in [6.07, 6.45) is 1.74. The predicted octanol–water partition coefficient (Wildman–Crippen LogP) is 3.62. The van der Waals surface area contributed by atoms with Crippen LogP contribution in [-0.4, -0.2) is 32.9 Å². The Morgan fingerprint density at radius 2 is 1.56 bits per heavy atom. The van der Waals surface area contributed by atoms with Gasteiger partial charge in [0, 0.05) is 14.3 Å². The highest BCUT2D eigenvalue weighted by molar-refractivity contribution is 7.65. The predicted molar refractivity (Wildman–Crippen MR) is 84.4 cm³/mol. The highest BCUT2D eigenvalue weighted by atomic mass is 31.1. The molecule has 1 heterocycles. The van der Waals surface area contributed by atoms with Gasteiger partial charge in [-0.25, -0.2) is 0 Å². The van der Waals surface area contributed by atoms with E-state index in [1.54, 1.807) is 6.21 Å². The van der Waals surface area contributed by atoms with E-state index in [4.69, 9.17) is 5.26 Å². The lowest BCUT2D eigenvalue weighted by molar-refractivity contribution is 0.948. The van der Waals surface area contributed by atoms with Crippen LogP contribution in [0.3, 0.4) is 0 Å². The third-order valence-electron chi connectivity index (χ3n) is 3.17. The van der Waals surface area contributed by atoms with Crippen molar-refractivity contribution in [3.63, 3.8) is 0 Å². The number of nitriles is 2. The van der Waals surface area contributed by atoms with Gasteiger partial charge in [0.1, 0.15) is 11.6 Å². The van der Waals surface area contributed by atoms with Crippen molar-refractivity contribution < 1.29 is 0 Å². The minimum absolute atomic E-state index is 0.173. The highest BCUT2D eigenvalue weighted by Crippen LogP contribution is 2.58. The average molecular weight is 295 g/mol. The summed E-state index contributed by atoms with van der Waals surface area (Å²) < 4.78 is 4.64. The van der Waals surface area contributed by atoms with Crippen molar-refractivity contribution in [2.24, 2.45) is 10.7 Å². The van der Waals surface area contributed by atoms with Gasteiger partial charge < -0.3 is 0 Å². The van der Waals surface area contributed by atoms with Gasteiger partial charge in [-0.2, -0.15) is 10.5 Å². The van der Waals surface area contributed by atoms with Gasteiger partial charge in [-0.05, 0) is 4.91 Å². The number of hydrogen-bond acceptors (Lipinski definition) is 3. The van der Waals surface area contributed by atoms with Crippen LogP contribution < -0.4 is 0 Å². The van der Waals surface area contributed by atoms with E-state index in [0.29, 0.717) is 4.91 Å². The first-order chi connectivity index (χ1) is 8.12. The van der Waals surface area contributed by atoms with Crippen molar-refractivity contribution in [2.75, 3.05) is 0 Å². The van der Waals surface area contributed by atoms with Crippen LogP contribution in [0.25, 0.3) is 0 Å². The Morgan fingerprint density at radius 3 is 1.89 bits per heavy atom. The quantitative estimate of drug-likeness (QED) is 0.589. The maximum Gasteiger partial charge on any atom is 0.107 e. The lowest BCUT2D eigenvalue weighted by Crippen LogP contribution is -2.53. The first-order valence-corrected chi connectivity index (χ1v) is 14.8. The average Bonchev–Trinajstić information content (AvgIpc) is 2.55. The van der Waals surface area contributed by atoms with Gasteiger partial charge in [0.2, 0.25) is 0 Å². The molecule has 0 fully saturated rings. The molecule has 3 nitrogen and oxygen atoms in total. The molecule has 98 valence electrons.